The highest BCUT2D eigenvalue weighted by atomic mass is 16.4. The van der Waals surface area contributed by atoms with Crippen LogP contribution in [0.25, 0.3) is 0 Å². The summed E-state index contributed by atoms with van der Waals surface area (Å²) in [5.74, 6) is -0.682. The molecule has 1 aromatic heterocycles. The molecule has 5 heteroatoms. The van der Waals surface area contributed by atoms with Gasteiger partial charge in [-0.15, -0.1) is 5.10 Å². The summed E-state index contributed by atoms with van der Waals surface area (Å²) in [6.07, 6.45) is 3.20. The van der Waals surface area contributed by atoms with Crippen molar-refractivity contribution in [3.05, 3.63) is 53.7 Å². The standard InChI is InChI=1S/C15H17N3O2/c1-11(7-8-12-5-3-2-4-6-12)17-14-13(15(19)20)9-10-16-18-14/h2-6,9-11H,7-8H2,1H3,(H,17,18)(H,19,20). The molecule has 5 nitrogen and oxygen atoms in total. The predicted octanol–water partition coefficient (Wildman–Crippen LogP) is 2.61. The number of aromatic nitrogens is 2. The van der Waals surface area contributed by atoms with Crippen molar-refractivity contribution in [1.29, 1.82) is 0 Å². The molecule has 0 spiro atoms. The second-order valence-electron chi connectivity index (χ2n) is 4.67. The molecule has 104 valence electrons. The Balaban J connectivity index is 1.95. The first-order valence-corrected chi connectivity index (χ1v) is 6.52. The van der Waals surface area contributed by atoms with Crippen molar-refractivity contribution >= 4 is 11.8 Å². The van der Waals surface area contributed by atoms with Crippen molar-refractivity contribution in [2.45, 2.75) is 25.8 Å². The van der Waals surface area contributed by atoms with Gasteiger partial charge in [-0.05, 0) is 31.4 Å². The van der Waals surface area contributed by atoms with Gasteiger partial charge in [-0.1, -0.05) is 30.3 Å². The summed E-state index contributed by atoms with van der Waals surface area (Å²) in [5.41, 5.74) is 1.41. The van der Waals surface area contributed by atoms with E-state index in [0.717, 1.165) is 12.8 Å². The molecule has 0 saturated carbocycles. The molecule has 1 heterocycles. The highest BCUT2D eigenvalue weighted by Gasteiger charge is 2.13. The number of carboxylic acids is 1. The van der Waals surface area contributed by atoms with Crippen molar-refractivity contribution in [2.75, 3.05) is 5.32 Å². The van der Waals surface area contributed by atoms with E-state index in [1.807, 2.05) is 25.1 Å². The molecule has 0 fully saturated rings. The normalized spacial score (nSPS) is 11.8. The van der Waals surface area contributed by atoms with E-state index in [9.17, 15) is 4.79 Å². The number of benzene rings is 1. The number of rotatable bonds is 6. The average molecular weight is 271 g/mol. The summed E-state index contributed by atoms with van der Waals surface area (Å²) < 4.78 is 0. The molecule has 0 amide bonds. The number of anilines is 1. The Hall–Kier alpha value is -2.43. The lowest BCUT2D eigenvalue weighted by molar-refractivity contribution is 0.0697. The van der Waals surface area contributed by atoms with Crippen LogP contribution in [-0.2, 0) is 6.42 Å². The van der Waals surface area contributed by atoms with Gasteiger partial charge >= 0.3 is 5.97 Å². The highest BCUT2D eigenvalue weighted by Crippen LogP contribution is 2.13. The van der Waals surface area contributed by atoms with Crippen molar-refractivity contribution in [3.63, 3.8) is 0 Å². The number of carboxylic acid groups (broad SMARTS) is 1. The molecule has 0 aliphatic rings. The SMILES string of the molecule is CC(CCc1ccccc1)Nc1nnccc1C(=O)O. The fourth-order valence-corrected chi connectivity index (χ4v) is 1.94. The van der Waals surface area contributed by atoms with Gasteiger partial charge in [0.05, 0.1) is 6.20 Å². The molecule has 0 radical (unpaired) electrons. The Kier molecular flexibility index (Phi) is 4.65. The van der Waals surface area contributed by atoms with Gasteiger partial charge in [0.25, 0.3) is 0 Å². The Morgan fingerprint density at radius 2 is 2.05 bits per heavy atom. The molecule has 1 atom stereocenters. The van der Waals surface area contributed by atoms with Crippen molar-refractivity contribution < 1.29 is 9.90 Å². The number of nitrogens with zero attached hydrogens (tertiary/aromatic N) is 2. The van der Waals surface area contributed by atoms with Gasteiger partial charge < -0.3 is 10.4 Å². The van der Waals surface area contributed by atoms with Gasteiger partial charge in [0, 0.05) is 6.04 Å². The maximum absolute atomic E-state index is 11.1. The van der Waals surface area contributed by atoms with Crippen LogP contribution >= 0.6 is 0 Å². The number of hydrogen-bond donors (Lipinski definition) is 2. The minimum absolute atomic E-state index is 0.116. The van der Waals surface area contributed by atoms with Crippen LogP contribution in [0.1, 0.15) is 29.3 Å². The average Bonchev–Trinajstić information content (AvgIpc) is 2.46. The Bertz CT molecular complexity index is 572. The lowest BCUT2D eigenvalue weighted by Gasteiger charge is -2.15. The molecule has 2 aromatic rings. The Morgan fingerprint density at radius 1 is 1.30 bits per heavy atom. The van der Waals surface area contributed by atoms with Gasteiger partial charge in [0.2, 0.25) is 0 Å². The monoisotopic (exact) mass is 271 g/mol. The summed E-state index contributed by atoms with van der Waals surface area (Å²) in [6, 6.07) is 11.7. The van der Waals surface area contributed by atoms with E-state index in [4.69, 9.17) is 5.11 Å². The van der Waals surface area contributed by atoms with E-state index in [-0.39, 0.29) is 11.6 Å². The zero-order chi connectivity index (χ0) is 14.4. The van der Waals surface area contributed by atoms with Gasteiger partial charge in [-0.2, -0.15) is 5.10 Å². The van der Waals surface area contributed by atoms with Crippen LogP contribution in [0, 0.1) is 0 Å². The van der Waals surface area contributed by atoms with Crippen molar-refractivity contribution in [1.82, 2.24) is 10.2 Å². The molecule has 1 aromatic carbocycles. The molecule has 20 heavy (non-hydrogen) atoms. The van der Waals surface area contributed by atoms with Gasteiger partial charge in [0.15, 0.2) is 5.82 Å². The lowest BCUT2D eigenvalue weighted by atomic mass is 10.1. The second-order valence-corrected chi connectivity index (χ2v) is 4.67. The molecule has 0 bridgehead atoms. The minimum Gasteiger partial charge on any atom is -0.478 e. The van der Waals surface area contributed by atoms with Crippen LogP contribution in [-0.4, -0.2) is 27.3 Å². The molecule has 2 rings (SSSR count). The first-order chi connectivity index (χ1) is 9.66. The Morgan fingerprint density at radius 3 is 2.75 bits per heavy atom. The summed E-state index contributed by atoms with van der Waals surface area (Å²) in [7, 11) is 0. The molecular weight excluding hydrogens is 254 g/mol. The quantitative estimate of drug-likeness (QED) is 0.844. The van der Waals surface area contributed by atoms with Crippen LogP contribution in [0.5, 0.6) is 0 Å². The summed E-state index contributed by atoms with van der Waals surface area (Å²) in [6.45, 7) is 2.00. The minimum atomic E-state index is -1.00. The highest BCUT2D eigenvalue weighted by molar-refractivity contribution is 5.92. The summed E-state index contributed by atoms with van der Waals surface area (Å²) >= 11 is 0. The van der Waals surface area contributed by atoms with E-state index in [0.29, 0.717) is 5.82 Å². The fourth-order valence-electron chi connectivity index (χ4n) is 1.94. The summed E-state index contributed by atoms with van der Waals surface area (Å²) in [5, 5.41) is 19.8. The van der Waals surface area contributed by atoms with Crippen LogP contribution in [0.4, 0.5) is 5.82 Å². The number of carbonyl (C=O) groups is 1. The van der Waals surface area contributed by atoms with Crippen molar-refractivity contribution in [2.24, 2.45) is 0 Å². The van der Waals surface area contributed by atoms with Crippen LogP contribution in [0.2, 0.25) is 0 Å². The topological polar surface area (TPSA) is 75.1 Å². The third-order valence-electron chi connectivity index (χ3n) is 3.04. The van der Waals surface area contributed by atoms with E-state index in [1.165, 1.54) is 17.8 Å². The maximum atomic E-state index is 11.1. The van der Waals surface area contributed by atoms with Gasteiger partial charge in [-0.3, -0.25) is 0 Å². The molecular formula is C15H17N3O2. The smallest absolute Gasteiger partial charge is 0.339 e. The van der Waals surface area contributed by atoms with Gasteiger partial charge in [0.1, 0.15) is 5.56 Å². The van der Waals surface area contributed by atoms with Crippen LogP contribution < -0.4 is 5.32 Å². The van der Waals surface area contributed by atoms with E-state index in [2.05, 4.69) is 27.6 Å². The third-order valence-corrected chi connectivity index (χ3v) is 3.04. The first kappa shape index (κ1) is 14.0. The number of aryl methyl sites for hydroxylation is 1. The molecule has 0 aliphatic carbocycles. The van der Waals surface area contributed by atoms with E-state index >= 15 is 0 Å². The first-order valence-electron chi connectivity index (χ1n) is 6.52. The van der Waals surface area contributed by atoms with E-state index < -0.39 is 5.97 Å². The third kappa shape index (κ3) is 3.78. The maximum Gasteiger partial charge on any atom is 0.339 e. The van der Waals surface area contributed by atoms with Crippen LogP contribution in [0.15, 0.2) is 42.6 Å². The largest absolute Gasteiger partial charge is 0.478 e. The number of aromatic carboxylic acids is 1. The second kappa shape index (κ2) is 6.65. The van der Waals surface area contributed by atoms with Gasteiger partial charge in [-0.25, -0.2) is 4.79 Å². The molecule has 1 unspecified atom stereocenters. The van der Waals surface area contributed by atoms with Crippen molar-refractivity contribution in [3.8, 4) is 0 Å². The summed E-state index contributed by atoms with van der Waals surface area (Å²) in [4.78, 5) is 11.1. The number of hydrogen-bond acceptors (Lipinski definition) is 4. The zero-order valence-corrected chi connectivity index (χ0v) is 11.3. The van der Waals surface area contributed by atoms with Crippen LogP contribution in [0.3, 0.4) is 0 Å². The predicted molar refractivity (Wildman–Crippen MR) is 76.8 cm³/mol. The zero-order valence-electron chi connectivity index (χ0n) is 11.3. The fraction of sp³-hybridized carbons (Fsp3) is 0.267. The number of nitrogens with one attached hydrogen (secondary N) is 1. The molecule has 0 aliphatic heterocycles. The van der Waals surface area contributed by atoms with E-state index in [1.54, 1.807) is 0 Å². The molecule has 2 N–H and O–H groups in total. The lowest BCUT2D eigenvalue weighted by Crippen LogP contribution is -2.19. The Labute approximate surface area is 117 Å². The molecule has 0 saturated heterocycles.